The molecule has 0 unspecified atom stereocenters. The fourth-order valence-corrected chi connectivity index (χ4v) is 2.31. The second kappa shape index (κ2) is 8.13. The van der Waals surface area contributed by atoms with E-state index in [1.165, 1.54) is 30.6 Å². The third-order valence-electron chi connectivity index (χ3n) is 3.64. The number of hydrogen-bond acceptors (Lipinski definition) is 6. The quantitative estimate of drug-likeness (QED) is 0.691. The first-order chi connectivity index (χ1) is 13.1. The Morgan fingerprint density at radius 2 is 1.89 bits per heavy atom. The zero-order valence-electron chi connectivity index (χ0n) is 14.7. The SMILES string of the molecule is COc1ccc(Nc2cnc(C(=O)Nc3cccc(F)c3)cn2)c(OC)c1. The number of ether oxygens (including phenoxy) is 2. The fourth-order valence-electron chi connectivity index (χ4n) is 2.31. The van der Waals surface area contributed by atoms with E-state index in [0.717, 1.165) is 0 Å². The minimum absolute atomic E-state index is 0.103. The Hall–Kier alpha value is -3.68. The molecule has 138 valence electrons. The van der Waals surface area contributed by atoms with Crippen LogP contribution in [0.5, 0.6) is 11.5 Å². The molecule has 8 heteroatoms. The smallest absolute Gasteiger partial charge is 0.275 e. The third-order valence-corrected chi connectivity index (χ3v) is 3.64. The van der Waals surface area contributed by atoms with Crippen LogP contribution in [0.4, 0.5) is 21.6 Å². The molecule has 1 amide bonds. The van der Waals surface area contributed by atoms with Gasteiger partial charge in [-0.25, -0.2) is 14.4 Å². The van der Waals surface area contributed by atoms with Crippen molar-refractivity contribution in [2.24, 2.45) is 0 Å². The molecule has 1 heterocycles. The summed E-state index contributed by atoms with van der Waals surface area (Å²) in [6.45, 7) is 0. The van der Waals surface area contributed by atoms with Crippen molar-refractivity contribution in [3.8, 4) is 11.5 Å². The van der Waals surface area contributed by atoms with Crippen molar-refractivity contribution < 1.29 is 18.7 Å². The summed E-state index contributed by atoms with van der Waals surface area (Å²) in [7, 11) is 3.12. The van der Waals surface area contributed by atoms with Crippen LogP contribution in [-0.2, 0) is 0 Å². The van der Waals surface area contributed by atoms with Crippen LogP contribution in [0, 0.1) is 5.82 Å². The number of amides is 1. The molecule has 2 N–H and O–H groups in total. The van der Waals surface area contributed by atoms with Gasteiger partial charge in [0, 0.05) is 11.8 Å². The van der Waals surface area contributed by atoms with E-state index in [2.05, 4.69) is 20.6 Å². The summed E-state index contributed by atoms with van der Waals surface area (Å²) in [6, 6.07) is 10.9. The Morgan fingerprint density at radius 1 is 1.04 bits per heavy atom. The monoisotopic (exact) mass is 368 g/mol. The number of anilines is 3. The molecular formula is C19H17FN4O3. The van der Waals surface area contributed by atoms with Crippen molar-refractivity contribution in [3.63, 3.8) is 0 Å². The first-order valence-electron chi connectivity index (χ1n) is 7.97. The number of rotatable bonds is 6. The lowest BCUT2D eigenvalue weighted by atomic mass is 10.2. The highest BCUT2D eigenvalue weighted by Gasteiger charge is 2.10. The van der Waals surface area contributed by atoms with Gasteiger partial charge >= 0.3 is 0 Å². The van der Waals surface area contributed by atoms with Gasteiger partial charge in [0.25, 0.3) is 5.91 Å². The molecule has 0 aliphatic rings. The molecule has 2 aromatic carbocycles. The first-order valence-corrected chi connectivity index (χ1v) is 7.97. The van der Waals surface area contributed by atoms with Crippen molar-refractivity contribution in [2.45, 2.75) is 0 Å². The van der Waals surface area contributed by atoms with Gasteiger partial charge in [-0.1, -0.05) is 6.07 Å². The molecular weight excluding hydrogens is 351 g/mol. The van der Waals surface area contributed by atoms with Crippen molar-refractivity contribution >= 4 is 23.1 Å². The highest BCUT2D eigenvalue weighted by atomic mass is 19.1. The molecule has 0 fully saturated rings. The van der Waals surface area contributed by atoms with Gasteiger partial charge < -0.3 is 20.1 Å². The minimum atomic E-state index is -0.485. The molecule has 1 aromatic heterocycles. The van der Waals surface area contributed by atoms with E-state index in [4.69, 9.17) is 9.47 Å². The standard InChI is InChI=1S/C19H17FN4O3/c1-26-14-6-7-15(17(9-14)27-2)24-18-11-21-16(10-22-18)19(25)23-13-5-3-4-12(20)8-13/h3-11H,1-2H3,(H,22,24)(H,23,25). The molecule has 0 saturated heterocycles. The van der Waals surface area contributed by atoms with Crippen molar-refractivity contribution in [1.29, 1.82) is 0 Å². The zero-order valence-corrected chi connectivity index (χ0v) is 14.7. The normalized spacial score (nSPS) is 10.2. The number of benzene rings is 2. The number of nitrogens with one attached hydrogen (secondary N) is 2. The van der Waals surface area contributed by atoms with Gasteiger partial charge in [-0.15, -0.1) is 0 Å². The van der Waals surface area contributed by atoms with Gasteiger partial charge in [-0.05, 0) is 30.3 Å². The summed E-state index contributed by atoms with van der Waals surface area (Å²) >= 11 is 0. The van der Waals surface area contributed by atoms with E-state index >= 15 is 0 Å². The molecule has 0 radical (unpaired) electrons. The second-order valence-corrected chi connectivity index (χ2v) is 5.44. The Kier molecular flexibility index (Phi) is 5.46. The Balaban J connectivity index is 1.71. The molecule has 0 bridgehead atoms. The van der Waals surface area contributed by atoms with Crippen LogP contribution < -0.4 is 20.1 Å². The maximum Gasteiger partial charge on any atom is 0.275 e. The maximum absolute atomic E-state index is 13.2. The summed E-state index contributed by atoms with van der Waals surface area (Å²) in [5.41, 5.74) is 1.11. The zero-order chi connectivity index (χ0) is 19.2. The van der Waals surface area contributed by atoms with E-state index in [1.54, 1.807) is 38.5 Å². The summed E-state index contributed by atoms with van der Waals surface area (Å²) in [4.78, 5) is 20.4. The molecule has 0 saturated carbocycles. The largest absolute Gasteiger partial charge is 0.497 e. The lowest BCUT2D eigenvalue weighted by molar-refractivity contribution is 0.102. The summed E-state index contributed by atoms with van der Waals surface area (Å²) in [6.07, 6.45) is 2.75. The van der Waals surface area contributed by atoms with Gasteiger partial charge in [0.1, 0.15) is 28.8 Å². The van der Waals surface area contributed by atoms with E-state index in [9.17, 15) is 9.18 Å². The molecule has 3 aromatic rings. The molecule has 7 nitrogen and oxygen atoms in total. The van der Waals surface area contributed by atoms with E-state index < -0.39 is 11.7 Å². The summed E-state index contributed by atoms with van der Waals surface area (Å²) < 4.78 is 23.7. The molecule has 0 aliphatic heterocycles. The second-order valence-electron chi connectivity index (χ2n) is 5.44. The van der Waals surface area contributed by atoms with Gasteiger partial charge in [0.15, 0.2) is 0 Å². The average molecular weight is 368 g/mol. The lowest BCUT2D eigenvalue weighted by Crippen LogP contribution is -2.14. The van der Waals surface area contributed by atoms with E-state index in [0.29, 0.717) is 28.7 Å². The summed E-state index contributed by atoms with van der Waals surface area (Å²) in [5, 5.41) is 5.63. The van der Waals surface area contributed by atoms with Crippen molar-refractivity contribution in [3.05, 3.63) is 66.4 Å². The number of nitrogens with zero attached hydrogens (tertiary/aromatic N) is 2. The number of halogens is 1. The van der Waals surface area contributed by atoms with Gasteiger partial charge in [0.2, 0.25) is 0 Å². The van der Waals surface area contributed by atoms with E-state index in [-0.39, 0.29) is 5.69 Å². The molecule has 0 aliphatic carbocycles. The summed E-state index contributed by atoms with van der Waals surface area (Å²) in [5.74, 6) is 0.742. The third kappa shape index (κ3) is 4.49. The van der Waals surface area contributed by atoms with Gasteiger partial charge in [-0.2, -0.15) is 0 Å². The average Bonchev–Trinajstić information content (AvgIpc) is 2.69. The van der Waals surface area contributed by atoms with Crippen LogP contribution in [0.1, 0.15) is 10.5 Å². The van der Waals surface area contributed by atoms with Gasteiger partial charge in [0.05, 0.1) is 32.3 Å². The number of hydrogen-bond donors (Lipinski definition) is 2. The van der Waals surface area contributed by atoms with Crippen LogP contribution >= 0.6 is 0 Å². The molecule has 0 atom stereocenters. The molecule has 3 rings (SSSR count). The molecule has 0 spiro atoms. The topological polar surface area (TPSA) is 85.4 Å². The number of carbonyl (C=O) groups is 1. The minimum Gasteiger partial charge on any atom is -0.497 e. The van der Waals surface area contributed by atoms with Crippen LogP contribution in [0.2, 0.25) is 0 Å². The highest BCUT2D eigenvalue weighted by molar-refractivity contribution is 6.02. The Labute approximate surface area is 155 Å². The Bertz CT molecular complexity index is 948. The molecule has 27 heavy (non-hydrogen) atoms. The maximum atomic E-state index is 13.2. The number of methoxy groups -OCH3 is 2. The Morgan fingerprint density at radius 3 is 2.56 bits per heavy atom. The first kappa shape index (κ1) is 18.1. The van der Waals surface area contributed by atoms with Crippen LogP contribution in [0.3, 0.4) is 0 Å². The lowest BCUT2D eigenvalue weighted by Gasteiger charge is -2.12. The van der Waals surface area contributed by atoms with E-state index in [1.807, 2.05) is 0 Å². The van der Waals surface area contributed by atoms with Crippen molar-refractivity contribution in [1.82, 2.24) is 9.97 Å². The predicted octanol–water partition coefficient (Wildman–Crippen LogP) is 3.63. The van der Waals surface area contributed by atoms with Crippen LogP contribution in [-0.4, -0.2) is 30.1 Å². The predicted molar refractivity (Wildman–Crippen MR) is 99.2 cm³/mol. The van der Waals surface area contributed by atoms with Crippen molar-refractivity contribution in [2.75, 3.05) is 24.9 Å². The highest BCUT2D eigenvalue weighted by Crippen LogP contribution is 2.30. The van der Waals surface area contributed by atoms with Crippen LogP contribution in [0.15, 0.2) is 54.9 Å². The number of aromatic nitrogens is 2. The van der Waals surface area contributed by atoms with Gasteiger partial charge in [-0.3, -0.25) is 4.79 Å². The van der Waals surface area contributed by atoms with Crippen LogP contribution in [0.25, 0.3) is 0 Å². The number of carbonyl (C=O) groups excluding carboxylic acids is 1. The fraction of sp³-hybridized carbons (Fsp3) is 0.105.